The van der Waals surface area contributed by atoms with Crippen LogP contribution in [0.25, 0.3) is 0 Å². The van der Waals surface area contributed by atoms with Gasteiger partial charge in [-0.05, 0) is 38.5 Å². The van der Waals surface area contributed by atoms with E-state index >= 15 is 0 Å². The second-order valence-electron chi connectivity index (χ2n) is 5.48. The molecular weight excluding hydrogens is 282 g/mol. The number of rotatable bonds is 3. The van der Waals surface area contributed by atoms with Crippen LogP contribution >= 0.6 is 0 Å². The molecule has 0 saturated carbocycles. The minimum atomic E-state index is -0.138. The quantitative estimate of drug-likeness (QED) is 0.944. The number of aromatic nitrogens is 2. The van der Waals surface area contributed by atoms with Crippen molar-refractivity contribution in [1.29, 1.82) is 0 Å². The molecule has 1 aromatic heterocycles. The van der Waals surface area contributed by atoms with Crippen LogP contribution in [0.5, 0.6) is 11.5 Å². The third-order valence-corrected chi connectivity index (χ3v) is 3.98. The second kappa shape index (κ2) is 5.36. The zero-order chi connectivity index (χ0) is 15.9. The Bertz CT molecular complexity index is 736. The third kappa shape index (κ3) is 2.41. The maximum atomic E-state index is 12.5. The molecule has 0 fully saturated rings. The van der Waals surface area contributed by atoms with Crippen molar-refractivity contribution in [1.82, 2.24) is 15.1 Å². The first kappa shape index (κ1) is 14.4. The number of hydrogen-bond acceptors (Lipinski definition) is 4. The molecule has 1 atom stereocenters. The van der Waals surface area contributed by atoms with Crippen molar-refractivity contribution in [2.24, 2.45) is 7.05 Å². The summed E-state index contributed by atoms with van der Waals surface area (Å²) >= 11 is 0. The molecule has 0 saturated heterocycles. The van der Waals surface area contributed by atoms with Gasteiger partial charge in [0.25, 0.3) is 5.91 Å². The van der Waals surface area contributed by atoms with Gasteiger partial charge >= 0.3 is 0 Å². The molecule has 0 spiro atoms. The fraction of sp³-hybridized carbons (Fsp3) is 0.375. The highest BCUT2D eigenvalue weighted by Crippen LogP contribution is 2.34. The van der Waals surface area contributed by atoms with Crippen LogP contribution < -0.4 is 14.8 Å². The summed E-state index contributed by atoms with van der Waals surface area (Å²) in [6.45, 7) is 5.91. The molecule has 1 N–H and O–H groups in total. The molecule has 0 bridgehead atoms. The van der Waals surface area contributed by atoms with Crippen molar-refractivity contribution >= 4 is 5.91 Å². The van der Waals surface area contributed by atoms with Gasteiger partial charge in [-0.2, -0.15) is 5.10 Å². The van der Waals surface area contributed by atoms with Crippen LogP contribution in [-0.4, -0.2) is 22.5 Å². The van der Waals surface area contributed by atoms with Crippen molar-refractivity contribution in [3.05, 3.63) is 40.7 Å². The van der Waals surface area contributed by atoms with Crippen LogP contribution in [0.1, 0.15) is 40.3 Å². The van der Waals surface area contributed by atoms with E-state index in [0.717, 1.165) is 22.7 Å². The van der Waals surface area contributed by atoms with E-state index in [4.69, 9.17) is 9.47 Å². The standard InChI is InChI=1S/C16H19N3O3/c1-9(12-5-6-13-14(7-12)22-8-21-13)17-16(20)15-10(2)18-19(4)11(15)3/h5-7,9H,8H2,1-4H3,(H,17,20). The molecule has 22 heavy (non-hydrogen) atoms. The first-order chi connectivity index (χ1) is 10.5. The Morgan fingerprint density at radius 1 is 1.32 bits per heavy atom. The summed E-state index contributed by atoms with van der Waals surface area (Å²) < 4.78 is 12.4. The minimum Gasteiger partial charge on any atom is -0.454 e. The number of nitrogens with zero attached hydrogens (tertiary/aromatic N) is 2. The number of benzene rings is 1. The van der Waals surface area contributed by atoms with Gasteiger partial charge < -0.3 is 14.8 Å². The summed E-state index contributed by atoms with van der Waals surface area (Å²) in [5.74, 6) is 1.34. The lowest BCUT2D eigenvalue weighted by molar-refractivity contribution is 0.0938. The van der Waals surface area contributed by atoms with E-state index in [1.54, 1.807) is 4.68 Å². The van der Waals surface area contributed by atoms with E-state index in [1.807, 2.05) is 46.0 Å². The number of ether oxygens (including phenoxy) is 2. The number of hydrogen-bond donors (Lipinski definition) is 1. The number of carbonyl (C=O) groups is 1. The Morgan fingerprint density at radius 2 is 2.05 bits per heavy atom. The van der Waals surface area contributed by atoms with Crippen molar-refractivity contribution in [3.63, 3.8) is 0 Å². The first-order valence-corrected chi connectivity index (χ1v) is 7.18. The van der Waals surface area contributed by atoms with Crippen molar-refractivity contribution in [2.45, 2.75) is 26.8 Å². The van der Waals surface area contributed by atoms with Crippen LogP contribution in [0.3, 0.4) is 0 Å². The lowest BCUT2D eigenvalue weighted by Crippen LogP contribution is -2.27. The smallest absolute Gasteiger partial charge is 0.255 e. The minimum absolute atomic E-state index is 0.117. The van der Waals surface area contributed by atoms with E-state index in [9.17, 15) is 4.79 Å². The summed E-state index contributed by atoms with van der Waals surface area (Å²) in [4.78, 5) is 12.5. The van der Waals surface area contributed by atoms with E-state index in [0.29, 0.717) is 11.3 Å². The highest BCUT2D eigenvalue weighted by molar-refractivity contribution is 5.96. The summed E-state index contributed by atoms with van der Waals surface area (Å²) in [6.07, 6.45) is 0. The number of aryl methyl sites for hydroxylation is 2. The number of fused-ring (bicyclic) bond motifs is 1. The van der Waals surface area contributed by atoms with E-state index in [2.05, 4.69) is 10.4 Å². The summed E-state index contributed by atoms with van der Waals surface area (Å²) in [5, 5.41) is 7.29. The van der Waals surface area contributed by atoms with Gasteiger partial charge in [-0.1, -0.05) is 6.07 Å². The second-order valence-corrected chi connectivity index (χ2v) is 5.48. The summed E-state index contributed by atoms with van der Waals surface area (Å²) in [5.41, 5.74) is 3.19. The fourth-order valence-corrected chi connectivity index (χ4v) is 2.64. The lowest BCUT2D eigenvalue weighted by Gasteiger charge is -2.15. The third-order valence-electron chi connectivity index (χ3n) is 3.98. The highest BCUT2D eigenvalue weighted by atomic mass is 16.7. The molecule has 2 heterocycles. The van der Waals surface area contributed by atoms with E-state index < -0.39 is 0 Å². The molecule has 6 nitrogen and oxygen atoms in total. The van der Waals surface area contributed by atoms with Crippen molar-refractivity contribution < 1.29 is 14.3 Å². The van der Waals surface area contributed by atoms with E-state index in [1.165, 1.54) is 0 Å². The molecule has 0 aliphatic carbocycles. The molecule has 1 aromatic carbocycles. The Kier molecular flexibility index (Phi) is 3.52. The van der Waals surface area contributed by atoms with Crippen LogP contribution in [0.15, 0.2) is 18.2 Å². The average molecular weight is 301 g/mol. The summed E-state index contributed by atoms with van der Waals surface area (Å²) in [6, 6.07) is 5.56. The van der Waals surface area contributed by atoms with Gasteiger partial charge in [0, 0.05) is 12.7 Å². The fourth-order valence-electron chi connectivity index (χ4n) is 2.64. The monoisotopic (exact) mass is 301 g/mol. The molecular formula is C16H19N3O3. The number of amides is 1. The van der Waals surface area contributed by atoms with Gasteiger partial charge in [0.2, 0.25) is 6.79 Å². The van der Waals surface area contributed by atoms with Gasteiger partial charge in [-0.3, -0.25) is 9.48 Å². The predicted molar refractivity (Wildman–Crippen MR) is 81.1 cm³/mol. The lowest BCUT2D eigenvalue weighted by atomic mass is 10.1. The Morgan fingerprint density at radius 3 is 2.73 bits per heavy atom. The van der Waals surface area contributed by atoms with Gasteiger partial charge in [0.1, 0.15) is 0 Å². The van der Waals surface area contributed by atoms with Gasteiger partial charge in [0.05, 0.1) is 17.3 Å². The number of carbonyl (C=O) groups excluding carboxylic acids is 1. The maximum Gasteiger partial charge on any atom is 0.255 e. The molecule has 3 rings (SSSR count). The Labute approximate surface area is 129 Å². The number of nitrogens with one attached hydrogen (secondary N) is 1. The van der Waals surface area contributed by atoms with Gasteiger partial charge in [0.15, 0.2) is 11.5 Å². The molecule has 1 amide bonds. The molecule has 0 radical (unpaired) electrons. The van der Waals surface area contributed by atoms with Crippen molar-refractivity contribution in [3.8, 4) is 11.5 Å². The maximum absolute atomic E-state index is 12.5. The largest absolute Gasteiger partial charge is 0.454 e. The Balaban J connectivity index is 1.79. The summed E-state index contributed by atoms with van der Waals surface area (Å²) in [7, 11) is 1.83. The van der Waals surface area contributed by atoms with Gasteiger partial charge in [-0.15, -0.1) is 0 Å². The SMILES string of the molecule is Cc1nn(C)c(C)c1C(=O)NC(C)c1ccc2c(c1)OCO2. The van der Waals surface area contributed by atoms with E-state index in [-0.39, 0.29) is 18.7 Å². The molecule has 2 aromatic rings. The van der Waals surface area contributed by atoms with Crippen LogP contribution in [-0.2, 0) is 7.05 Å². The zero-order valence-corrected chi connectivity index (χ0v) is 13.1. The molecule has 116 valence electrons. The highest BCUT2D eigenvalue weighted by Gasteiger charge is 2.21. The molecule has 1 aliphatic rings. The molecule has 6 heteroatoms. The average Bonchev–Trinajstić information content (AvgIpc) is 3.03. The van der Waals surface area contributed by atoms with Crippen LogP contribution in [0.4, 0.5) is 0 Å². The molecule has 1 unspecified atom stereocenters. The normalized spacial score (nSPS) is 14.0. The topological polar surface area (TPSA) is 65.4 Å². The first-order valence-electron chi connectivity index (χ1n) is 7.18. The molecule has 1 aliphatic heterocycles. The van der Waals surface area contributed by atoms with Crippen LogP contribution in [0, 0.1) is 13.8 Å². The Hall–Kier alpha value is -2.50. The predicted octanol–water partition coefficient (Wildman–Crippen LogP) is 2.26. The zero-order valence-electron chi connectivity index (χ0n) is 13.1. The van der Waals surface area contributed by atoms with Crippen molar-refractivity contribution in [2.75, 3.05) is 6.79 Å². The van der Waals surface area contributed by atoms with Crippen LogP contribution in [0.2, 0.25) is 0 Å². The van der Waals surface area contributed by atoms with Gasteiger partial charge in [-0.25, -0.2) is 0 Å².